The first-order chi connectivity index (χ1) is 50.7. The van der Waals surface area contributed by atoms with Gasteiger partial charge in [-0.05, 0) is 104 Å². The summed E-state index contributed by atoms with van der Waals surface area (Å²) in [5.74, 6) is -16.6. The number of aryl methyl sites for hydroxylation is 2. The van der Waals surface area contributed by atoms with Crippen molar-refractivity contribution in [3.05, 3.63) is 173 Å². The fraction of sp³-hybridized carbons (Fsp3) is 0.378. The van der Waals surface area contributed by atoms with E-state index in [4.69, 9.17) is 11.5 Å². The van der Waals surface area contributed by atoms with E-state index in [1.165, 1.54) is 44.6 Å². The van der Waals surface area contributed by atoms with Gasteiger partial charge >= 0.3 is 11.9 Å². The number of amides is 11. The monoisotopic (exact) mass is 1480 g/mol. The first-order valence-corrected chi connectivity index (χ1v) is 34.2. The Hall–Kier alpha value is -11.8. The van der Waals surface area contributed by atoms with Gasteiger partial charge in [-0.1, -0.05) is 122 Å². The Bertz CT molecular complexity index is 4140. The number of nitrogens with two attached hydrogens (primary N) is 2. The minimum Gasteiger partial charge on any atom is -0.481 e. The van der Waals surface area contributed by atoms with Crippen LogP contribution in [0.2, 0.25) is 0 Å². The number of H-pyrrole nitrogens is 1. The molecule has 572 valence electrons. The lowest BCUT2D eigenvalue weighted by Crippen LogP contribution is -2.63. The van der Waals surface area contributed by atoms with E-state index >= 15 is 4.39 Å². The molecule has 107 heavy (non-hydrogen) atoms. The van der Waals surface area contributed by atoms with Crippen molar-refractivity contribution >= 4 is 76.9 Å². The number of hydrogen-bond donors (Lipinski definition) is 18. The highest BCUT2D eigenvalue weighted by molar-refractivity contribution is 6.00. The van der Waals surface area contributed by atoms with Crippen LogP contribution in [0, 0.1) is 12.7 Å². The van der Waals surface area contributed by atoms with E-state index in [1.807, 2.05) is 74.5 Å². The zero-order valence-corrected chi connectivity index (χ0v) is 59.6. The predicted molar refractivity (Wildman–Crippen MR) is 385 cm³/mol. The van der Waals surface area contributed by atoms with Gasteiger partial charge in [-0.25, -0.2) is 9.37 Å². The molecule has 1 heterocycles. The van der Waals surface area contributed by atoms with E-state index in [9.17, 15) is 87.9 Å². The van der Waals surface area contributed by atoms with Gasteiger partial charge in [0.05, 0.1) is 44.1 Å². The largest absolute Gasteiger partial charge is 0.481 e. The molecule has 0 fully saturated rings. The molecule has 11 atom stereocenters. The van der Waals surface area contributed by atoms with Crippen molar-refractivity contribution in [1.29, 1.82) is 0 Å². The third-order valence-electron chi connectivity index (χ3n) is 17.3. The molecule has 20 N–H and O–H groups in total. The minimum absolute atomic E-state index is 0.0108. The summed E-state index contributed by atoms with van der Waals surface area (Å²) < 4.78 is 15.3. The van der Waals surface area contributed by atoms with Crippen LogP contribution >= 0.6 is 0 Å². The Balaban J connectivity index is 1.15. The van der Waals surface area contributed by atoms with Crippen molar-refractivity contribution in [1.82, 2.24) is 63.1 Å². The van der Waals surface area contributed by atoms with Gasteiger partial charge in [0.25, 0.3) is 0 Å². The van der Waals surface area contributed by atoms with E-state index in [1.54, 1.807) is 36.4 Å². The molecule has 0 spiro atoms. The van der Waals surface area contributed by atoms with Crippen LogP contribution in [0.1, 0.15) is 87.4 Å². The number of nitrogens with zero attached hydrogens (tertiary/aromatic N) is 1. The number of aromatic amines is 1. The summed E-state index contributed by atoms with van der Waals surface area (Å²) in [6.45, 7) is 6.29. The molecule has 6 aromatic rings. The highest BCUT2D eigenvalue weighted by Gasteiger charge is 2.39. The maximum absolute atomic E-state index is 15.3. The summed E-state index contributed by atoms with van der Waals surface area (Å²) in [7, 11) is 0. The van der Waals surface area contributed by atoms with Gasteiger partial charge in [0.2, 0.25) is 65.0 Å². The lowest BCUT2D eigenvalue weighted by atomic mass is 9.95. The topological polar surface area (TPSA) is 524 Å². The maximum atomic E-state index is 15.3. The fourth-order valence-electron chi connectivity index (χ4n) is 11.2. The number of carboxylic acid groups (broad SMARTS) is 2. The van der Waals surface area contributed by atoms with Crippen LogP contribution in [0.3, 0.4) is 0 Å². The van der Waals surface area contributed by atoms with E-state index < -0.39 is 194 Å². The van der Waals surface area contributed by atoms with Gasteiger partial charge in [0.15, 0.2) is 0 Å². The normalized spacial score (nSPS) is 14.3. The van der Waals surface area contributed by atoms with Crippen molar-refractivity contribution in [3.63, 3.8) is 0 Å². The number of carbonyl (C=O) groups excluding carboxylic acids is 11. The molecule has 0 saturated carbocycles. The number of aliphatic hydroxyl groups is 3. The van der Waals surface area contributed by atoms with Gasteiger partial charge in [-0.3, -0.25) is 62.3 Å². The van der Waals surface area contributed by atoms with Gasteiger partial charge in [-0.2, -0.15) is 0 Å². The number of hydrogen-bond acceptors (Lipinski definition) is 18. The molecule has 0 unspecified atom stereocenters. The molecule has 0 bridgehead atoms. The van der Waals surface area contributed by atoms with Crippen LogP contribution in [0.15, 0.2) is 134 Å². The third-order valence-corrected chi connectivity index (χ3v) is 17.3. The van der Waals surface area contributed by atoms with E-state index in [0.717, 1.165) is 59.7 Å². The summed E-state index contributed by atoms with van der Waals surface area (Å²) in [5, 5.41) is 74.8. The number of carbonyl (C=O) groups is 13. The zero-order valence-electron chi connectivity index (χ0n) is 59.6. The lowest BCUT2D eigenvalue weighted by molar-refractivity contribution is -0.142. The second kappa shape index (κ2) is 39.9. The summed E-state index contributed by atoms with van der Waals surface area (Å²) >= 11 is 0. The Morgan fingerprint density at radius 3 is 1.59 bits per heavy atom. The predicted octanol–water partition coefficient (Wildman–Crippen LogP) is -1.18. The SMILES string of the molecule is CCc1ccccc1-c1ccc(C[C@H](NC(=O)[C@H](CC(=O)O)NC(=O)[C@H](CO)NC(=O)[C@@H](NC(=O)[C@H](Cc2ccccc2F)NC(=O)[C@@H](NC(=O)CNC(=O)[C@H](CCC(=O)O)NC(=O)C(C)(C)NC(=O)[C@@H](N)Cc2cnc[nH]2)[C@@H](C)O)[C@@H](C)O)C(=O)N[C@@H](Cc2ccc(-c3ccccc3C)cc2)C(N)=O)cc1. The van der Waals surface area contributed by atoms with Gasteiger partial charge in [0.1, 0.15) is 59.7 Å². The first kappa shape index (κ1) is 84.1. The van der Waals surface area contributed by atoms with E-state index in [-0.39, 0.29) is 24.8 Å². The van der Waals surface area contributed by atoms with Crippen LogP contribution < -0.4 is 64.6 Å². The highest BCUT2D eigenvalue weighted by Crippen LogP contribution is 2.26. The second-order valence-corrected chi connectivity index (χ2v) is 26.1. The second-order valence-electron chi connectivity index (χ2n) is 26.1. The molecular weight excluding hydrogens is 1390 g/mol. The Labute approximate surface area is 615 Å². The summed E-state index contributed by atoms with van der Waals surface area (Å²) in [5.41, 5.74) is 17.2. The number of benzene rings is 5. The standard InChI is InChI=1S/C74H91FN14O18/c1-7-44-15-9-12-18-50(44)46-26-22-43(23-27-46)31-55(67(101)81-54(64(77)98)30-42-20-24-45(25-21-42)49-17-11-8-14-39(49)2)82-68(102)57(34-61(96)97)83-70(104)58(37-90)85-72(106)63(41(4)92)88-69(103)56(32-47-16-10-13-19-51(47)75)84-71(105)62(40(3)91)87-59(93)36-79-66(100)53(28-29-60(94)95)86-73(107)74(5,6)89-65(99)52(76)33-48-35-78-38-80-48/h8-27,35,38,40-41,52-58,62-63,90-92H,7,28-34,36-37,76H2,1-6H3,(H2,77,98)(H,78,80)(H,79,100)(H,81,101)(H,82,102)(H,83,104)(H,84,105)(H,85,106)(H,86,107)(H,87,93)(H,88,103)(H,89,99)(H,94,95)(H,96,97)/t40-,41-,52+,53+,54+,55+,56+,57+,58+,62+,63+/m1/s1. The zero-order chi connectivity index (χ0) is 78.8. The van der Waals surface area contributed by atoms with Crippen LogP contribution in [0.5, 0.6) is 0 Å². The van der Waals surface area contributed by atoms with Crippen molar-refractivity contribution < 1.29 is 92.3 Å². The average molecular weight is 1480 g/mol. The molecule has 33 heteroatoms. The number of aromatic nitrogens is 2. The van der Waals surface area contributed by atoms with Crippen LogP contribution in [-0.2, 0) is 94.4 Å². The van der Waals surface area contributed by atoms with Gasteiger partial charge < -0.3 is 95.2 Å². The number of carboxylic acids is 2. The van der Waals surface area contributed by atoms with Crippen LogP contribution in [0.25, 0.3) is 22.3 Å². The van der Waals surface area contributed by atoms with Gasteiger partial charge in [-0.15, -0.1) is 0 Å². The van der Waals surface area contributed by atoms with Crippen LogP contribution in [-0.4, -0.2) is 198 Å². The number of halogens is 1. The molecule has 32 nitrogen and oxygen atoms in total. The van der Waals surface area contributed by atoms with Gasteiger partial charge in [0, 0.05) is 44.0 Å². The Kier molecular flexibility index (Phi) is 31.4. The molecule has 5 aromatic carbocycles. The molecule has 11 amide bonds. The Morgan fingerprint density at radius 2 is 1.04 bits per heavy atom. The molecular formula is C74H91FN14O18. The summed E-state index contributed by atoms with van der Waals surface area (Å²) in [6, 6.07) is 18.5. The molecule has 0 aliphatic rings. The third kappa shape index (κ3) is 25.5. The molecule has 0 saturated heterocycles. The number of rotatable bonds is 40. The minimum atomic E-state index is -2.11. The highest BCUT2D eigenvalue weighted by atomic mass is 19.1. The number of primary amides is 1. The maximum Gasteiger partial charge on any atom is 0.305 e. The average Bonchev–Trinajstić information content (AvgIpc) is 1.20. The fourth-order valence-corrected chi connectivity index (χ4v) is 11.2. The first-order valence-electron chi connectivity index (χ1n) is 34.2. The van der Waals surface area contributed by atoms with Crippen LogP contribution in [0.4, 0.5) is 4.39 Å². The number of nitrogens with one attached hydrogen (secondary N) is 11. The molecule has 0 aliphatic carbocycles. The number of imidazole rings is 1. The Morgan fingerprint density at radius 1 is 0.542 bits per heavy atom. The van der Waals surface area contributed by atoms with Crippen molar-refractivity contribution in [2.24, 2.45) is 11.5 Å². The van der Waals surface area contributed by atoms with E-state index in [2.05, 4.69) is 63.1 Å². The smallest absolute Gasteiger partial charge is 0.305 e. The molecule has 6 rings (SSSR count). The lowest BCUT2D eigenvalue weighted by Gasteiger charge is -2.29. The number of aliphatic hydroxyl groups excluding tert-OH is 3. The van der Waals surface area contributed by atoms with Crippen molar-refractivity contribution in [2.75, 3.05) is 13.2 Å². The van der Waals surface area contributed by atoms with E-state index in [0.29, 0.717) is 16.8 Å². The molecule has 0 radical (unpaired) electrons. The summed E-state index contributed by atoms with van der Waals surface area (Å²) in [4.78, 5) is 182. The van der Waals surface area contributed by atoms with Crippen molar-refractivity contribution in [2.45, 2.75) is 165 Å². The molecule has 1 aromatic heterocycles. The van der Waals surface area contributed by atoms with Crippen molar-refractivity contribution in [3.8, 4) is 22.3 Å². The number of aliphatic carboxylic acids is 2. The molecule has 0 aliphatic heterocycles. The quantitative estimate of drug-likeness (QED) is 0.0215. The summed E-state index contributed by atoms with van der Waals surface area (Å²) in [6.07, 6.45) is -3.59.